The Hall–Kier alpha value is -2.20. The summed E-state index contributed by atoms with van der Waals surface area (Å²) in [6, 6.07) is 6.32. The van der Waals surface area contributed by atoms with E-state index in [0.29, 0.717) is 17.9 Å². The predicted octanol–water partition coefficient (Wildman–Crippen LogP) is 4.84. The van der Waals surface area contributed by atoms with Gasteiger partial charge in [-0.15, -0.1) is 0 Å². The minimum Gasteiger partial charge on any atom is -0.481 e. The van der Waals surface area contributed by atoms with E-state index in [0.717, 1.165) is 12.8 Å². The van der Waals surface area contributed by atoms with Gasteiger partial charge in [0.15, 0.2) is 12.1 Å². The molecule has 0 radical (unpaired) electrons. The van der Waals surface area contributed by atoms with Crippen LogP contribution in [0.25, 0.3) is 0 Å². The van der Waals surface area contributed by atoms with E-state index in [1.165, 1.54) is 38.5 Å². The van der Waals surface area contributed by atoms with Crippen LogP contribution in [0.2, 0.25) is 0 Å². The number of fused-ring (bicyclic) bond motifs is 1. The number of unbranched alkanes of at least 4 members (excludes halogenated alkanes) is 7. The number of carboxylic acids is 1. The van der Waals surface area contributed by atoms with E-state index >= 15 is 0 Å². The quantitative estimate of drug-likeness (QED) is 0.292. The van der Waals surface area contributed by atoms with Crippen LogP contribution in [0.1, 0.15) is 77.7 Å². The van der Waals surface area contributed by atoms with Gasteiger partial charge in [-0.2, -0.15) is 0 Å². The number of rotatable bonds is 15. The monoisotopic (exact) mass is 506 g/mol. The topological polar surface area (TPSA) is 115 Å². The lowest BCUT2D eigenvalue weighted by molar-refractivity contribution is -0.217. The van der Waals surface area contributed by atoms with Crippen molar-refractivity contribution in [2.24, 2.45) is 0 Å². The highest BCUT2D eigenvalue weighted by molar-refractivity contribution is 5.89. The first-order valence-electron chi connectivity index (χ1n) is 13.3. The molecule has 2 aliphatic rings. The smallest absolute Gasteiger partial charge is 0.319 e. The normalized spacial score (nSPS) is 24.4. The molecule has 9 nitrogen and oxygen atoms in total. The van der Waals surface area contributed by atoms with E-state index in [-0.39, 0.29) is 31.2 Å². The molecule has 0 saturated carbocycles. The second kappa shape index (κ2) is 13.9. The van der Waals surface area contributed by atoms with Crippen LogP contribution in [0.15, 0.2) is 24.3 Å². The van der Waals surface area contributed by atoms with Crippen molar-refractivity contribution in [1.29, 1.82) is 0 Å². The maximum absolute atomic E-state index is 12.4. The molecule has 36 heavy (non-hydrogen) atoms. The second-order valence-corrected chi connectivity index (χ2v) is 10.1. The fraction of sp³-hybridized carbons (Fsp3) is 0.704. The van der Waals surface area contributed by atoms with E-state index in [1.54, 1.807) is 24.3 Å². The van der Waals surface area contributed by atoms with Gasteiger partial charge in [0.2, 0.25) is 0 Å². The fourth-order valence-electron chi connectivity index (χ4n) is 4.62. The second-order valence-electron chi connectivity index (χ2n) is 10.1. The number of hydrogen-bond acceptors (Lipinski definition) is 6. The SMILES string of the molecule is CCCCCCCCCCO[C@@H]1[C@H]2OC(C)(C)O[C@H]2O[C@@H]1CNC(=O)Nc1ccc(CC(=O)O)cc1. The Kier molecular flexibility index (Phi) is 11.0. The van der Waals surface area contributed by atoms with Crippen LogP contribution in [-0.4, -0.2) is 60.6 Å². The van der Waals surface area contributed by atoms with Gasteiger partial charge in [0.05, 0.1) is 6.42 Å². The lowest BCUT2D eigenvalue weighted by atomic mass is 10.1. The maximum atomic E-state index is 12.4. The molecule has 4 atom stereocenters. The average molecular weight is 507 g/mol. The summed E-state index contributed by atoms with van der Waals surface area (Å²) in [5.74, 6) is -1.64. The van der Waals surface area contributed by atoms with Gasteiger partial charge >= 0.3 is 12.0 Å². The van der Waals surface area contributed by atoms with Crippen molar-refractivity contribution in [2.75, 3.05) is 18.5 Å². The number of amides is 2. The van der Waals surface area contributed by atoms with Crippen molar-refractivity contribution in [2.45, 2.75) is 109 Å². The van der Waals surface area contributed by atoms with Gasteiger partial charge in [-0.1, -0.05) is 64.0 Å². The Morgan fingerprint density at radius 1 is 1.00 bits per heavy atom. The number of hydrogen-bond donors (Lipinski definition) is 3. The first-order valence-corrected chi connectivity index (χ1v) is 13.3. The Morgan fingerprint density at radius 2 is 1.67 bits per heavy atom. The third-order valence-corrected chi connectivity index (χ3v) is 6.43. The number of carbonyl (C=O) groups excluding carboxylic acids is 1. The van der Waals surface area contributed by atoms with Crippen LogP contribution in [0.4, 0.5) is 10.5 Å². The minimum absolute atomic E-state index is 0.0604. The number of aliphatic carboxylic acids is 1. The van der Waals surface area contributed by atoms with Crippen LogP contribution in [0.5, 0.6) is 0 Å². The van der Waals surface area contributed by atoms with Crippen molar-refractivity contribution >= 4 is 17.7 Å². The van der Waals surface area contributed by atoms with E-state index < -0.39 is 24.2 Å². The van der Waals surface area contributed by atoms with Crippen LogP contribution >= 0.6 is 0 Å². The molecule has 3 N–H and O–H groups in total. The summed E-state index contributed by atoms with van der Waals surface area (Å²) in [7, 11) is 0. The fourth-order valence-corrected chi connectivity index (χ4v) is 4.62. The molecule has 2 amide bonds. The number of ether oxygens (including phenoxy) is 4. The van der Waals surface area contributed by atoms with Gasteiger partial charge in [-0.3, -0.25) is 4.79 Å². The zero-order valence-electron chi connectivity index (χ0n) is 21.8. The summed E-state index contributed by atoms with van der Waals surface area (Å²) in [5, 5.41) is 14.5. The zero-order chi connectivity index (χ0) is 26.0. The summed E-state index contributed by atoms with van der Waals surface area (Å²) in [5.41, 5.74) is 1.24. The molecule has 2 saturated heterocycles. The van der Waals surface area contributed by atoms with Crippen molar-refractivity contribution in [1.82, 2.24) is 5.32 Å². The van der Waals surface area contributed by atoms with Crippen molar-refractivity contribution in [3.8, 4) is 0 Å². The molecule has 0 unspecified atom stereocenters. The average Bonchev–Trinajstić information content (AvgIpc) is 3.28. The molecule has 2 heterocycles. The lowest BCUT2D eigenvalue weighted by Crippen LogP contribution is -2.44. The summed E-state index contributed by atoms with van der Waals surface area (Å²) in [4.78, 5) is 23.3. The van der Waals surface area contributed by atoms with E-state index in [9.17, 15) is 9.59 Å². The van der Waals surface area contributed by atoms with E-state index in [4.69, 9.17) is 24.1 Å². The van der Waals surface area contributed by atoms with Gasteiger partial charge < -0.3 is 34.7 Å². The Balaban J connectivity index is 1.43. The van der Waals surface area contributed by atoms with Crippen molar-refractivity contribution in [3.05, 3.63) is 29.8 Å². The molecular formula is C27H42N2O7. The third kappa shape index (κ3) is 9.03. The summed E-state index contributed by atoms with van der Waals surface area (Å²) < 4.78 is 24.2. The molecule has 0 spiro atoms. The first-order chi connectivity index (χ1) is 17.3. The van der Waals surface area contributed by atoms with E-state index in [1.807, 2.05) is 13.8 Å². The zero-order valence-corrected chi connectivity index (χ0v) is 21.8. The van der Waals surface area contributed by atoms with Crippen LogP contribution in [-0.2, 0) is 30.2 Å². The molecule has 1 aromatic rings. The van der Waals surface area contributed by atoms with Gasteiger partial charge in [-0.05, 0) is 38.0 Å². The van der Waals surface area contributed by atoms with Crippen molar-refractivity contribution < 1.29 is 33.6 Å². The molecular weight excluding hydrogens is 464 g/mol. The Bertz CT molecular complexity index is 830. The molecule has 1 aromatic carbocycles. The highest BCUT2D eigenvalue weighted by Gasteiger charge is 2.55. The Labute approximate surface area is 214 Å². The largest absolute Gasteiger partial charge is 0.481 e. The van der Waals surface area contributed by atoms with Crippen LogP contribution in [0.3, 0.4) is 0 Å². The molecule has 3 rings (SSSR count). The number of anilines is 1. The minimum atomic E-state index is -0.898. The Morgan fingerprint density at radius 3 is 2.33 bits per heavy atom. The van der Waals surface area contributed by atoms with Gasteiger partial charge in [0.1, 0.15) is 18.3 Å². The van der Waals surface area contributed by atoms with Gasteiger partial charge in [0, 0.05) is 18.8 Å². The molecule has 0 aromatic heterocycles. The summed E-state index contributed by atoms with van der Waals surface area (Å²) in [6.45, 7) is 6.79. The lowest BCUT2D eigenvalue weighted by Gasteiger charge is -2.26. The van der Waals surface area contributed by atoms with E-state index in [2.05, 4.69) is 17.6 Å². The number of benzene rings is 1. The van der Waals surface area contributed by atoms with Crippen molar-refractivity contribution in [3.63, 3.8) is 0 Å². The molecule has 0 aliphatic carbocycles. The van der Waals surface area contributed by atoms with Crippen LogP contribution in [0, 0.1) is 0 Å². The summed E-state index contributed by atoms with van der Waals surface area (Å²) in [6.07, 6.45) is 8.14. The maximum Gasteiger partial charge on any atom is 0.319 e. The molecule has 2 fully saturated rings. The number of carboxylic acid groups (broad SMARTS) is 1. The number of nitrogens with one attached hydrogen (secondary N) is 2. The number of urea groups is 1. The molecule has 2 aliphatic heterocycles. The molecule has 9 heteroatoms. The van der Waals surface area contributed by atoms with Gasteiger partial charge in [0.25, 0.3) is 0 Å². The third-order valence-electron chi connectivity index (χ3n) is 6.43. The summed E-state index contributed by atoms with van der Waals surface area (Å²) >= 11 is 0. The predicted molar refractivity (Wildman–Crippen MR) is 136 cm³/mol. The highest BCUT2D eigenvalue weighted by atomic mass is 16.8. The first kappa shape index (κ1) is 28.4. The highest BCUT2D eigenvalue weighted by Crippen LogP contribution is 2.38. The van der Waals surface area contributed by atoms with Gasteiger partial charge in [-0.25, -0.2) is 4.79 Å². The number of carbonyl (C=O) groups is 2. The molecule has 202 valence electrons. The standard InChI is InChI=1S/C27H42N2O7/c1-4-5-6-7-8-9-10-11-16-33-23-21(34-25-24(23)35-27(2,3)36-25)18-28-26(32)29-20-14-12-19(13-15-20)17-22(30)31/h12-15,21,23-25H,4-11,16-18H2,1-3H3,(H,30,31)(H2,28,29,32)/t21-,23+,24-,25-/m1/s1. The molecule has 0 bridgehead atoms. The van der Waals surface area contributed by atoms with Crippen LogP contribution < -0.4 is 10.6 Å².